The molecule has 0 heterocycles. The molecule has 0 aliphatic heterocycles. The molecule has 0 aromatic heterocycles. The molecule has 1 nitrogen and oxygen atoms in total. The molecule has 1 heteroatoms. The first-order chi connectivity index (χ1) is 7.15. The average molecular weight is 204 g/mol. The van der Waals surface area contributed by atoms with E-state index in [1.807, 2.05) is 25.1 Å². The summed E-state index contributed by atoms with van der Waals surface area (Å²) in [6.45, 7) is 6.30. The zero-order valence-electron chi connectivity index (χ0n) is 9.86. The van der Waals surface area contributed by atoms with Crippen molar-refractivity contribution in [2.24, 2.45) is 5.92 Å². The molecule has 15 heavy (non-hydrogen) atoms. The van der Waals surface area contributed by atoms with Gasteiger partial charge in [0.25, 0.3) is 0 Å². The van der Waals surface area contributed by atoms with Crippen molar-refractivity contribution in [2.45, 2.75) is 39.5 Å². The zero-order valence-corrected chi connectivity index (χ0v) is 9.86. The summed E-state index contributed by atoms with van der Waals surface area (Å²) in [4.78, 5) is 11.5. The van der Waals surface area contributed by atoms with Gasteiger partial charge in [-0.1, -0.05) is 51.1 Å². The van der Waals surface area contributed by atoms with Crippen LogP contribution in [0.25, 0.3) is 0 Å². The number of rotatable bonds is 5. The van der Waals surface area contributed by atoms with Crippen LogP contribution in [-0.2, 0) is 4.79 Å². The standard InChI is InChI=1S/C14H20O/c1-4-13(15)10-14(11(2)3)12-8-6-5-7-9-12/h5-9,11,14H,4,10H2,1-3H3. The number of hydrogen-bond acceptors (Lipinski definition) is 1. The summed E-state index contributed by atoms with van der Waals surface area (Å²) in [5.74, 6) is 1.25. The molecule has 1 rings (SSSR count). The molecule has 0 amide bonds. The maximum Gasteiger partial charge on any atom is 0.133 e. The van der Waals surface area contributed by atoms with E-state index in [0.717, 1.165) is 0 Å². The molecular formula is C14H20O. The van der Waals surface area contributed by atoms with E-state index in [4.69, 9.17) is 0 Å². The predicted octanol–water partition coefficient (Wildman–Crippen LogP) is 3.80. The van der Waals surface area contributed by atoms with Gasteiger partial charge < -0.3 is 0 Å². The van der Waals surface area contributed by atoms with Crippen LogP contribution in [0.2, 0.25) is 0 Å². The molecule has 82 valence electrons. The van der Waals surface area contributed by atoms with Gasteiger partial charge in [0.1, 0.15) is 5.78 Å². The Bertz CT molecular complexity index is 300. The molecule has 0 saturated heterocycles. The van der Waals surface area contributed by atoms with Gasteiger partial charge in [0.05, 0.1) is 0 Å². The van der Waals surface area contributed by atoms with Crippen LogP contribution in [0.5, 0.6) is 0 Å². The largest absolute Gasteiger partial charge is 0.300 e. The van der Waals surface area contributed by atoms with Crippen molar-refractivity contribution >= 4 is 5.78 Å². The lowest BCUT2D eigenvalue weighted by atomic mass is 9.84. The fourth-order valence-corrected chi connectivity index (χ4v) is 1.83. The van der Waals surface area contributed by atoms with Crippen molar-refractivity contribution in [3.05, 3.63) is 35.9 Å². The smallest absolute Gasteiger partial charge is 0.133 e. The van der Waals surface area contributed by atoms with Gasteiger partial charge in [0.2, 0.25) is 0 Å². The molecule has 1 atom stereocenters. The highest BCUT2D eigenvalue weighted by atomic mass is 16.1. The van der Waals surface area contributed by atoms with Gasteiger partial charge in [-0.2, -0.15) is 0 Å². The van der Waals surface area contributed by atoms with E-state index >= 15 is 0 Å². The van der Waals surface area contributed by atoms with Gasteiger partial charge >= 0.3 is 0 Å². The molecule has 1 unspecified atom stereocenters. The van der Waals surface area contributed by atoms with Crippen LogP contribution < -0.4 is 0 Å². The lowest BCUT2D eigenvalue weighted by Gasteiger charge is -2.20. The van der Waals surface area contributed by atoms with Crippen LogP contribution in [0.4, 0.5) is 0 Å². The van der Waals surface area contributed by atoms with E-state index in [-0.39, 0.29) is 0 Å². The van der Waals surface area contributed by atoms with Crippen molar-refractivity contribution in [3.63, 3.8) is 0 Å². The van der Waals surface area contributed by atoms with E-state index in [2.05, 4.69) is 26.0 Å². The van der Waals surface area contributed by atoms with Crippen molar-refractivity contribution in [2.75, 3.05) is 0 Å². The Kier molecular flexibility index (Phi) is 4.54. The van der Waals surface area contributed by atoms with Gasteiger partial charge in [-0.3, -0.25) is 4.79 Å². The highest BCUT2D eigenvalue weighted by Gasteiger charge is 2.18. The summed E-state index contributed by atoms with van der Waals surface area (Å²) >= 11 is 0. The Morgan fingerprint density at radius 2 is 1.80 bits per heavy atom. The summed E-state index contributed by atoms with van der Waals surface area (Å²) in [7, 11) is 0. The fourth-order valence-electron chi connectivity index (χ4n) is 1.83. The van der Waals surface area contributed by atoms with E-state index in [1.165, 1.54) is 5.56 Å². The molecule has 0 saturated carbocycles. The molecular weight excluding hydrogens is 184 g/mol. The zero-order chi connectivity index (χ0) is 11.3. The Morgan fingerprint density at radius 3 is 2.27 bits per heavy atom. The summed E-state index contributed by atoms with van der Waals surface area (Å²) < 4.78 is 0. The third kappa shape index (κ3) is 3.50. The first-order valence-electron chi connectivity index (χ1n) is 5.71. The first kappa shape index (κ1) is 12.0. The Morgan fingerprint density at radius 1 is 1.20 bits per heavy atom. The van der Waals surface area contributed by atoms with Gasteiger partial charge in [-0.05, 0) is 17.4 Å². The lowest BCUT2D eigenvalue weighted by molar-refractivity contribution is -0.119. The van der Waals surface area contributed by atoms with Gasteiger partial charge in [-0.25, -0.2) is 0 Å². The summed E-state index contributed by atoms with van der Waals surface area (Å²) in [6.07, 6.45) is 1.33. The molecule has 1 aromatic rings. The normalized spacial score (nSPS) is 12.8. The lowest BCUT2D eigenvalue weighted by Crippen LogP contribution is -2.11. The van der Waals surface area contributed by atoms with E-state index in [9.17, 15) is 4.79 Å². The minimum absolute atomic E-state index is 0.359. The minimum Gasteiger partial charge on any atom is -0.300 e. The highest BCUT2D eigenvalue weighted by Crippen LogP contribution is 2.28. The van der Waals surface area contributed by atoms with E-state index in [0.29, 0.717) is 30.5 Å². The average Bonchev–Trinajstić information content (AvgIpc) is 2.26. The second-order valence-corrected chi connectivity index (χ2v) is 4.36. The van der Waals surface area contributed by atoms with E-state index in [1.54, 1.807) is 0 Å². The molecule has 0 bridgehead atoms. The van der Waals surface area contributed by atoms with Crippen LogP contribution in [0.1, 0.15) is 45.1 Å². The molecule has 0 aliphatic carbocycles. The Labute approximate surface area is 92.5 Å². The van der Waals surface area contributed by atoms with Crippen molar-refractivity contribution in [3.8, 4) is 0 Å². The Hall–Kier alpha value is -1.11. The fraction of sp³-hybridized carbons (Fsp3) is 0.500. The number of benzene rings is 1. The van der Waals surface area contributed by atoms with Crippen LogP contribution in [0.3, 0.4) is 0 Å². The minimum atomic E-state index is 0.359. The van der Waals surface area contributed by atoms with Crippen molar-refractivity contribution in [1.82, 2.24) is 0 Å². The second-order valence-electron chi connectivity index (χ2n) is 4.36. The van der Waals surface area contributed by atoms with Crippen LogP contribution >= 0.6 is 0 Å². The van der Waals surface area contributed by atoms with Gasteiger partial charge in [0.15, 0.2) is 0 Å². The number of carbonyl (C=O) groups excluding carboxylic acids is 1. The van der Waals surface area contributed by atoms with Gasteiger partial charge in [0, 0.05) is 12.8 Å². The summed E-state index contributed by atoms with van der Waals surface area (Å²) in [5, 5.41) is 0. The molecule has 0 spiro atoms. The number of Topliss-reactive ketones (excluding diaryl/α,β-unsaturated/α-hetero) is 1. The van der Waals surface area contributed by atoms with Crippen molar-refractivity contribution < 1.29 is 4.79 Å². The summed E-state index contributed by atoms with van der Waals surface area (Å²) in [6, 6.07) is 10.3. The maximum absolute atomic E-state index is 11.5. The first-order valence-corrected chi connectivity index (χ1v) is 5.71. The molecule has 0 N–H and O–H groups in total. The highest BCUT2D eigenvalue weighted by molar-refractivity contribution is 5.78. The Balaban J connectivity index is 2.79. The quantitative estimate of drug-likeness (QED) is 0.713. The third-order valence-corrected chi connectivity index (χ3v) is 2.87. The van der Waals surface area contributed by atoms with Crippen LogP contribution in [-0.4, -0.2) is 5.78 Å². The third-order valence-electron chi connectivity index (χ3n) is 2.87. The second kappa shape index (κ2) is 5.69. The summed E-state index contributed by atoms with van der Waals surface area (Å²) in [5.41, 5.74) is 1.29. The number of carbonyl (C=O) groups is 1. The topological polar surface area (TPSA) is 17.1 Å². The van der Waals surface area contributed by atoms with Crippen LogP contribution in [0, 0.1) is 5.92 Å². The van der Waals surface area contributed by atoms with Gasteiger partial charge in [-0.15, -0.1) is 0 Å². The molecule has 0 fully saturated rings. The van der Waals surface area contributed by atoms with Crippen molar-refractivity contribution in [1.29, 1.82) is 0 Å². The SMILES string of the molecule is CCC(=O)CC(c1ccccc1)C(C)C. The number of ketones is 1. The van der Waals surface area contributed by atoms with E-state index < -0.39 is 0 Å². The molecule has 0 aliphatic rings. The molecule has 0 radical (unpaired) electrons. The monoisotopic (exact) mass is 204 g/mol. The number of hydrogen-bond donors (Lipinski definition) is 0. The molecule has 1 aromatic carbocycles. The predicted molar refractivity (Wildman–Crippen MR) is 63.9 cm³/mol. The van der Waals surface area contributed by atoms with Crippen LogP contribution in [0.15, 0.2) is 30.3 Å². The maximum atomic E-state index is 11.5.